The third-order valence-electron chi connectivity index (χ3n) is 2.89. The zero-order chi connectivity index (χ0) is 12.3. The van der Waals surface area contributed by atoms with Crippen LogP contribution in [0.4, 0.5) is 4.39 Å². The van der Waals surface area contributed by atoms with Crippen molar-refractivity contribution in [2.75, 3.05) is 0 Å². The van der Waals surface area contributed by atoms with Crippen LogP contribution in [0.3, 0.4) is 0 Å². The highest BCUT2D eigenvalue weighted by atomic mass is 19.1. The number of hydrogen-bond donors (Lipinski definition) is 0. The van der Waals surface area contributed by atoms with E-state index in [9.17, 15) is 4.39 Å². The van der Waals surface area contributed by atoms with Gasteiger partial charge in [0.25, 0.3) is 0 Å². The Balaban J connectivity index is 3.42. The molecule has 0 heterocycles. The molecule has 1 aromatic rings. The molecule has 88 valence electrons. The van der Waals surface area contributed by atoms with Gasteiger partial charge in [-0.15, -0.1) is 6.58 Å². The van der Waals surface area contributed by atoms with E-state index < -0.39 is 0 Å². The van der Waals surface area contributed by atoms with Crippen LogP contribution in [-0.4, -0.2) is 0 Å². The molecule has 0 spiro atoms. The summed E-state index contributed by atoms with van der Waals surface area (Å²) in [6.07, 6.45) is 2.60. The number of hydrogen-bond acceptors (Lipinski definition) is 0. The Kier molecular flexibility index (Phi) is 4.28. The van der Waals surface area contributed by atoms with Crippen molar-refractivity contribution in [1.82, 2.24) is 0 Å². The van der Waals surface area contributed by atoms with Crippen LogP contribution in [0.1, 0.15) is 56.2 Å². The summed E-state index contributed by atoms with van der Waals surface area (Å²) in [5.74, 6) is 0.554. The first-order valence-electron chi connectivity index (χ1n) is 5.91. The summed E-state index contributed by atoms with van der Waals surface area (Å²) in [7, 11) is 0. The van der Waals surface area contributed by atoms with Gasteiger partial charge in [-0.3, -0.25) is 0 Å². The molecule has 0 saturated carbocycles. The standard InChI is InChI=1S/C15H21F/c1-6-7-13-12(10(2)3)8-9-14(16)15(13)11(4)5/h6,8-11H,1,7H2,2-5H3. The monoisotopic (exact) mass is 220 g/mol. The van der Waals surface area contributed by atoms with E-state index >= 15 is 0 Å². The first-order valence-corrected chi connectivity index (χ1v) is 5.91. The number of allylic oxidation sites excluding steroid dienone is 1. The van der Waals surface area contributed by atoms with E-state index in [4.69, 9.17) is 0 Å². The number of benzene rings is 1. The largest absolute Gasteiger partial charge is 0.207 e. The molecule has 1 heteroatoms. The number of halogens is 1. The Labute approximate surface area is 98.2 Å². The molecule has 0 nitrogen and oxygen atoms in total. The second kappa shape index (κ2) is 5.29. The SMILES string of the molecule is C=CCc1c(C(C)C)ccc(F)c1C(C)C. The van der Waals surface area contributed by atoms with Gasteiger partial charge >= 0.3 is 0 Å². The minimum absolute atomic E-state index is 0.0868. The first kappa shape index (κ1) is 13.0. The van der Waals surface area contributed by atoms with Crippen molar-refractivity contribution in [3.8, 4) is 0 Å². The van der Waals surface area contributed by atoms with Crippen LogP contribution in [0.25, 0.3) is 0 Å². The quantitative estimate of drug-likeness (QED) is 0.639. The fourth-order valence-electron chi connectivity index (χ4n) is 2.19. The second-order valence-corrected chi connectivity index (χ2v) is 4.83. The van der Waals surface area contributed by atoms with E-state index in [1.807, 2.05) is 26.0 Å². The number of rotatable bonds is 4. The summed E-state index contributed by atoms with van der Waals surface area (Å²) >= 11 is 0. The van der Waals surface area contributed by atoms with Gasteiger partial charge in [0.2, 0.25) is 0 Å². The van der Waals surface area contributed by atoms with E-state index in [2.05, 4.69) is 20.4 Å². The molecule has 0 aliphatic carbocycles. The van der Waals surface area contributed by atoms with Gasteiger partial charge in [0.15, 0.2) is 0 Å². The molecular formula is C15H21F. The summed E-state index contributed by atoms with van der Waals surface area (Å²) in [6, 6.07) is 3.50. The van der Waals surface area contributed by atoms with Crippen LogP contribution in [0, 0.1) is 5.82 Å². The Morgan fingerprint density at radius 1 is 1.19 bits per heavy atom. The predicted molar refractivity (Wildman–Crippen MR) is 68.5 cm³/mol. The van der Waals surface area contributed by atoms with Gasteiger partial charge in [-0.2, -0.15) is 0 Å². The van der Waals surface area contributed by atoms with Crippen molar-refractivity contribution in [1.29, 1.82) is 0 Å². The first-order chi connectivity index (χ1) is 7.49. The Morgan fingerprint density at radius 3 is 2.25 bits per heavy atom. The lowest BCUT2D eigenvalue weighted by atomic mass is 9.87. The summed E-state index contributed by atoms with van der Waals surface area (Å²) < 4.78 is 13.8. The Morgan fingerprint density at radius 2 is 1.81 bits per heavy atom. The molecule has 0 fully saturated rings. The van der Waals surface area contributed by atoms with E-state index in [0.717, 1.165) is 17.5 Å². The van der Waals surface area contributed by atoms with E-state index in [1.165, 1.54) is 5.56 Å². The highest BCUT2D eigenvalue weighted by Gasteiger charge is 2.16. The molecule has 0 radical (unpaired) electrons. The Bertz CT molecular complexity index is 375. The zero-order valence-electron chi connectivity index (χ0n) is 10.7. The molecule has 0 amide bonds. The molecule has 0 bridgehead atoms. The van der Waals surface area contributed by atoms with Gasteiger partial charge in [-0.25, -0.2) is 4.39 Å². The molecule has 0 saturated heterocycles. The zero-order valence-corrected chi connectivity index (χ0v) is 10.7. The topological polar surface area (TPSA) is 0 Å². The lowest BCUT2D eigenvalue weighted by molar-refractivity contribution is 0.592. The molecule has 1 aromatic carbocycles. The predicted octanol–water partition coefficient (Wildman–Crippen LogP) is 4.80. The molecule has 16 heavy (non-hydrogen) atoms. The van der Waals surface area contributed by atoms with Gasteiger partial charge in [-0.05, 0) is 41.0 Å². The van der Waals surface area contributed by atoms with Crippen molar-refractivity contribution >= 4 is 0 Å². The minimum atomic E-state index is -0.0868. The summed E-state index contributed by atoms with van der Waals surface area (Å²) in [4.78, 5) is 0. The van der Waals surface area contributed by atoms with Crippen molar-refractivity contribution in [2.45, 2.75) is 46.0 Å². The van der Waals surface area contributed by atoms with E-state index in [1.54, 1.807) is 6.07 Å². The van der Waals surface area contributed by atoms with Crippen molar-refractivity contribution in [3.05, 3.63) is 47.3 Å². The second-order valence-electron chi connectivity index (χ2n) is 4.83. The van der Waals surface area contributed by atoms with Crippen LogP contribution in [-0.2, 0) is 6.42 Å². The molecular weight excluding hydrogens is 199 g/mol. The lowest BCUT2D eigenvalue weighted by Crippen LogP contribution is -2.05. The maximum atomic E-state index is 13.8. The fraction of sp³-hybridized carbons (Fsp3) is 0.467. The highest BCUT2D eigenvalue weighted by Crippen LogP contribution is 2.30. The fourth-order valence-corrected chi connectivity index (χ4v) is 2.19. The van der Waals surface area contributed by atoms with Gasteiger partial charge in [0, 0.05) is 0 Å². The van der Waals surface area contributed by atoms with Crippen molar-refractivity contribution in [2.24, 2.45) is 0 Å². The van der Waals surface area contributed by atoms with E-state index in [-0.39, 0.29) is 11.7 Å². The average Bonchev–Trinajstić information content (AvgIpc) is 2.17. The van der Waals surface area contributed by atoms with Crippen LogP contribution in [0.15, 0.2) is 24.8 Å². The van der Waals surface area contributed by atoms with Crippen molar-refractivity contribution in [3.63, 3.8) is 0 Å². The molecule has 0 N–H and O–H groups in total. The third kappa shape index (κ3) is 2.52. The van der Waals surface area contributed by atoms with Gasteiger partial charge in [-0.1, -0.05) is 39.8 Å². The molecule has 1 rings (SSSR count). The average molecular weight is 220 g/mol. The van der Waals surface area contributed by atoms with Crippen molar-refractivity contribution < 1.29 is 4.39 Å². The Hall–Kier alpha value is -1.11. The maximum Gasteiger partial charge on any atom is 0.126 e. The van der Waals surface area contributed by atoms with Gasteiger partial charge in [0.05, 0.1) is 0 Å². The normalized spacial score (nSPS) is 11.2. The summed E-state index contributed by atoms with van der Waals surface area (Å²) in [6.45, 7) is 12.1. The van der Waals surface area contributed by atoms with Crippen LogP contribution in [0.5, 0.6) is 0 Å². The molecule has 0 aliphatic heterocycles. The van der Waals surface area contributed by atoms with Gasteiger partial charge in [0.1, 0.15) is 5.82 Å². The molecule has 0 aliphatic rings. The summed E-state index contributed by atoms with van der Waals surface area (Å²) in [5, 5.41) is 0. The molecule has 0 aromatic heterocycles. The maximum absolute atomic E-state index is 13.8. The van der Waals surface area contributed by atoms with Crippen LogP contribution >= 0.6 is 0 Å². The molecule has 0 unspecified atom stereocenters. The van der Waals surface area contributed by atoms with E-state index in [0.29, 0.717) is 5.92 Å². The molecule has 0 atom stereocenters. The summed E-state index contributed by atoms with van der Waals surface area (Å²) in [5.41, 5.74) is 3.22. The third-order valence-corrected chi connectivity index (χ3v) is 2.89. The van der Waals surface area contributed by atoms with Gasteiger partial charge < -0.3 is 0 Å². The van der Waals surface area contributed by atoms with Crippen LogP contribution in [0.2, 0.25) is 0 Å². The lowest BCUT2D eigenvalue weighted by Gasteiger charge is -2.19. The smallest absolute Gasteiger partial charge is 0.126 e. The van der Waals surface area contributed by atoms with Crippen LogP contribution < -0.4 is 0 Å². The highest BCUT2D eigenvalue weighted by molar-refractivity contribution is 5.41. The minimum Gasteiger partial charge on any atom is -0.207 e.